The lowest BCUT2D eigenvalue weighted by Gasteiger charge is -2.40. The molecule has 0 bridgehead atoms. The summed E-state index contributed by atoms with van der Waals surface area (Å²) in [6.07, 6.45) is 2.61. The predicted molar refractivity (Wildman–Crippen MR) is 72.3 cm³/mol. The van der Waals surface area contributed by atoms with Crippen molar-refractivity contribution in [1.29, 1.82) is 0 Å². The van der Waals surface area contributed by atoms with Crippen molar-refractivity contribution in [3.63, 3.8) is 0 Å². The molecule has 2 aliphatic heterocycles. The van der Waals surface area contributed by atoms with E-state index in [2.05, 4.69) is 46.9 Å². The fourth-order valence-electron chi connectivity index (χ4n) is 4.17. The van der Waals surface area contributed by atoms with Gasteiger partial charge in [0.1, 0.15) is 0 Å². The molecule has 0 radical (unpaired) electrons. The molecule has 0 aromatic carbocycles. The molecule has 1 amide bonds. The maximum Gasteiger partial charge on any atom is 0.220 e. The number of hydrogen-bond donors (Lipinski definition) is 1. The highest BCUT2D eigenvalue weighted by Gasteiger charge is 2.63. The van der Waals surface area contributed by atoms with Crippen LogP contribution < -0.4 is 5.32 Å². The molecule has 0 aromatic heterocycles. The molecule has 2 aliphatic rings. The summed E-state index contributed by atoms with van der Waals surface area (Å²) in [6, 6.07) is 0.252. The number of carbonyl (C=O) groups excluding carboxylic acids is 1. The topological polar surface area (TPSA) is 38.3 Å². The van der Waals surface area contributed by atoms with E-state index in [1.54, 1.807) is 0 Å². The van der Waals surface area contributed by atoms with Crippen LogP contribution in [0.5, 0.6) is 0 Å². The van der Waals surface area contributed by atoms with E-state index in [-0.39, 0.29) is 28.6 Å². The van der Waals surface area contributed by atoms with Crippen LogP contribution in [0.25, 0.3) is 0 Å². The van der Waals surface area contributed by atoms with E-state index in [1.807, 2.05) is 0 Å². The zero-order valence-electron chi connectivity index (χ0n) is 12.6. The summed E-state index contributed by atoms with van der Waals surface area (Å²) in [5.74, 6) is 0.778. The Bertz CT molecular complexity index is 360. The van der Waals surface area contributed by atoms with E-state index >= 15 is 0 Å². The van der Waals surface area contributed by atoms with Gasteiger partial charge in [-0.25, -0.2) is 0 Å². The van der Waals surface area contributed by atoms with Crippen LogP contribution in [-0.4, -0.2) is 23.2 Å². The van der Waals surface area contributed by atoms with Crippen molar-refractivity contribution in [2.75, 3.05) is 0 Å². The maximum atomic E-state index is 11.9. The van der Waals surface area contributed by atoms with Crippen molar-refractivity contribution >= 4 is 5.91 Å². The first kappa shape index (κ1) is 13.9. The molecule has 2 rings (SSSR count). The van der Waals surface area contributed by atoms with Gasteiger partial charge in [0.25, 0.3) is 0 Å². The summed E-state index contributed by atoms with van der Waals surface area (Å²) in [5, 5.41) is 3.19. The molecule has 18 heavy (non-hydrogen) atoms. The van der Waals surface area contributed by atoms with Crippen LogP contribution in [0, 0.1) is 11.3 Å². The van der Waals surface area contributed by atoms with Crippen LogP contribution >= 0.6 is 0 Å². The van der Waals surface area contributed by atoms with Crippen molar-refractivity contribution in [2.45, 2.75) is 78.0 Å². The molecule has 2 heterocycles. The molecule has 104 valence electrons. The Hall–Kier alpha value is -0.570. The Morgan fingerprint density at radius 3 is 2.39 bits per heavy atom. The van der Waals surface area contributed by atoms with E-state index < -0.39 is 0 Å². The van der Waals surface area contributed by atoms with Crippen molar-refractivity contribution in [1.82, 2.24) is 5.32 Å². The molecule has 0 aromatic rings. The van der Waals surface area contributed by atoms with Gasteiger partial charge in [-0.1, -0.05) is 13.8 Å². The average Bonchev–Trinajstić information content (AvgIpc) is 2.47. The van der Waals surface area contributed by atoms with Gasteiger partial charge in [-0.3, -0.25) is 4.79 Å². The molecule has 1 N–H and O–H groups in total. The molecule has 3 nitrogen and oxygen atoms in total. The average molecular weight is 253 g/mol. The van der Waals surface area contributed by atoms with Crippen molar-refractivity contribution in [3.8, 4) is 0 Å². The van der Waals surface area contributed by atoms with Crippen LogP contribution in [0.3, 0.4) is 0 Å². The number of carbonyl (C=O) groups is 1. The smallest absolute Gasteiger partial charge is 0.220 e. The van der Waals surface area contributed by atoms with Crippen LogP contribution in [-0.2, 0) is 9.53 Å². The van der Waals surface area contributed by atoms with Gasteiger partial charge in [0.05, 0.1) is 11.2 Å². The van der Waals surface area contributed by atoms with E-state index in [0.29, 0.717) is 12.3 Å². The minimum atomic E-state index is -0.241. The fourth-order valence-corrected chi connectivity index (χ4v) is 4.17. The molecule has 2 fully saturated rings. The van der Waals surface area contributed by atoms with Gasteiger partial charge >= 0.3 is 0 Å². The van der Waals surface area contributed by atoms with Gasteiger partial charge < -0.3 is 10.1 Å². The summed E-state index contributed by atoms with van der Waals surface area (Å²) in [6.45, 7) is 13.0. The molecule has 2 unspecified atom stereocenters. The molecule has 0 aliphatic carbocycles. The van der Waals surface area contributed by atoms with Gasteiger partial charge in [0.15, 0.2) is 0 Å². The normalized spacial score (nSPS) is 37.5. The van der Waals surface area contributed by atoms with Crippen molar-refractivity contribution in [3.05, 3.63) is 0 Å². The van der Waals surface area contributed by atoms with Gasteiger partial charge in [0.2, 0.25) is 5.91 Å². The Morgan fingerprint density at radius 1 is 1.33 bits per heavy atom. The highest BCUT2D eigenvalue weighted by Crippen LogP contribution is 2.57. The molecule has 3 heteroatoms. The van der Waals surface area contributed by atoms with E-state index in [1.165, 1.54) is 0 Å². The summed E-state index contributed by atoms with van der Waals surface area (Å²) >= 11 is 0. The van der Waals surface area contributed by atoms with Crippen LogP contribution in [0.1, 0.15) is 60.8 Å². The first-order valence-electron chi connectivity index (χ1n) is 7.08. The van der Waals surface area contributed by atoms with Crippen molar-refractivity contribution in [2.24, 2.45) is 11.3 Å². The van der Waals surface area contributed by atoms with Gasteiger partial charge in [0, 0.05) is 17.9 Å². The largest absolute Gasteiger partial charge is 0.369 e. The van der Waals surface area contributed by atoms with Crippen LogP contribution in [0.2, 0.25) is 0 Å². The summed E-state index contributed by atoms with van der Waals surface area (Å²) in [5.41, 5.74) is -0.419. The Kier molecular flexibility index (Phi) is 3.05. The minimum Gasteiger partial charge on any atom is -0.369 e. The third kappa shape index (κ3) is 2.07. The SMILES string of the molecule is CC(C)CC1NC(=O)CC12CC(C)(C)OC2(C)C. The van der Waals surface area contributed by atoms with Gasteiger partial charge in [-0.05, 0) is 46.5 Å². The third-order valence-corrected chi connectivity index (χ3v) is 4.66. The lowest BCUT2D eigenvalue weighted by Crippen LogP contribution is -2.48. The molecule has 0 saturated carbocycles. The predicted octanol–water partition coefficient (Wildman–Crippen LogP) is 2.88. The molecule has 1 spiro atoms. The standard InChI is InChI=1S/C15H27NO2/c1-10(2)7-11-15(8-12(17)16-11)9-13(3,4)18-14(15,5)6/h10-11H,7-9H2,1-6H3,(H,16,17). The molecule has 2 saturated heterocycles. The summed E-state index contributed by atoms with van der Waals surface area (Å²) < 4.78 is 6.24. The molecule has 2 atom stereocenters. The number of amides is 1. The van der Waals surface area contributed by atoms with E-state index in [0.717, 1.165) is 12.8 Å². The van der Waals surface area contributed by atoms with E-state index in [4.69, 9.17) is 4.74 Å². The van der Waals surface area contributed by atoms with Crippen molar-refractivity contribution < 1.29 is 9.53 Å². The third-order valence-electron chi connectivity index (χ3n) is 4.66. The summed E-state index contributed by atoms with van der Waals surface area (Å²) in [4.78, 5) is 11.9. The minimum absolute atomic E-state index is 0.0438. The number of ether oxygens (including phenoxy) is 1. The number of nitrogens with one attached hydrogen (secondary N) is 1. The zero-order valence-corrected chi connectivity index (χ0v) is 12.6. The second-order valence-electron chi connectivity index (χ2n) is 7.63. The first-order chi connectivity index (χ1) is 8.08. The zero-order chi connectivity index (χ0) is 13.8. The van der Waals surface area contributed by atoms with Crippen LogP contribution in [0.15, 0.2) is 0 Å². The highest BCUT2D eigenvalue weighted by atomic mass is 16.5. The molecular weight excluding hydrogens is 226 g/mol. The van der Waals surface area contributed by atoms with Crippen LogP contribution in [0.4, 0.5) is 0 Å². The van der Waals surface area contributed by atoms with Gasteiger partial charge in [-0.2, -0.15) is 0 Å². The monoisotopic (exact) mass is 253 g/mol. The van der Waals surface area contributed by atoms with Gasteiger partial charge in [-0.15, -0.1) is 0 Å². The van der Waals surface area contributed by atoms with E-state index in [9.17, 15) is 4.79 Å². The molecular formula is C15H27NO2. The lowest BCUT2D eigenvalue weighted by atomic mass is 9.64. The first-order valence-corrected chi connectivity index (χ1v) is 7.08. The highest BCUT2D eigenvalue weighted by molar-refractivity contribution is 5.80. The quantitative estimate of drug-likeness (QED) is 0.821. The second kappa shape index (κ2) is 3.96. The Labute approximate surface area is 111 Å². The Morgan fingerprint density at radius 2 is 1.94 bits per heavy atom. The number of hydrogen-bond acceptors (Lipinski definition) is 2. The summed E-state index contributed by atoms with van der Waals surface area (Å²) in [7, 11) is 0. The second-order valence-corrected chi connectivity index (χ2v) is 7.63. The number of rotatable bonds is 2. The fraction of sp³-hybridized carbons (Fsp3) is 0.933. The lowest BCUT2D eigenvalue weighted by molar-refractivity contribution is -0.121. The maximum absolute atomic E-state index is 11.9. The Balaban J connectivity index is 2.35.